The molecule has 0 aromatic carbocycles. The summed E-state index contributed by atoms with van der Waals surface area (Å²) >= 11 is 0. The summed E-state index contributed by atoms with van der Waals surface area (Å²) in [6.45, 7) is 9.24. The maximum absolute atomic E-state index is 12.3. The fourth-order valence-corrected chi connectivity index (χ4v) is 0.738. The van der Waals surface area contributed by atoms with Crippen LogP contribution >= 0.6 is 0 Å². The van der Waals surface area contributed by atoms with Crippen LogP contribution in [0.1, 0.15) is 27.7 Å². The Bertz CT molecular complexity index is 273. The number of amides is 1. The van der Waals surface area contributed by atoms with E-state index in [-0.39, 0.29) is 6.54 Å². The van der Waals surface area contributed by atoms with Gasteiger partial charge in [0.15, 0.2) is 0 Å². The van der Waals surface area contributed by atoms with E-state index in [1.807, 2.05) is 0 Å². The lowest BCUT2D eigenvalue weighted by atomic mass is 9.97. The highest BCUT2D eigenvalue weighted by molar-refractivity contribution is 5.75. The number of nitrogens with one attached hydrogen (secondary N) is 1. The van der Waals surface area contributed by atoms with Gasteiger partial charge in [0.05, 0.1) is 12.0 Å². The normalized spacial score (nSPS) is 14.7. The van der Waals surface area contributed by atoms with Crippen molar-refractivity contribution in [3.05, 3.63) is 6.92 Å². The molecule has 5 nitrogen and oxygen atoms in total. The van der Waals surface area contributed by atoms with Gasteiger partial charge in [-0.25, -0.2) is 9.18 Å². The first-order valence-corrected chi connectivity index (χ1v) is 5.25. The SMILES string of the molecule is [CH2][C@@H](F)CNC(=O)OC(C)OC(=O)C(C)(C)C. The summed E-state index contributed by atoms with van der Waals surface area (Å²) in [6, 6.07) is 0. The molecule has 0 bridgehead atoms. The molecule has 0 aliphatic carbocycles. The molecule has 0 fully saturated rings. The van der Waals surface area contributed by atoms with E-state index in [2.05, 4.69) is 17.0 Å². The Kier molecular flexibility index (Phi) is 5.91. The number of esters is 1. The topological polar surface area (TPSA) is 64.6 Å². The Labute approximate surface area is 101 Å². The maximum Gasteiger partial charge on any atom is 0.410 e. The van der Waals surface area contributed by atoms with Crippen LogP contribution in [0.2, 0.25) is 0 Å². The van der Waals surface area contributed by atoms with E-state index in [0.29, 0.717) is 0 Å². The van der Waals surface area contributed by atoms with Crippen molar-refractivity contribution in [3.63, 3.8) is 0 Å². The fraction of sp³-hybridized carbons (Fsp3) is 0.727. The number of carbonyl (C=O) groups is 2. The minimum Gasteiger partial charge on any atom is -0.425 e. The van der Waals surface area contributed by atoms with Crippen molar-refractivity contribution < 1.29 is 23.5 Å². The lowest BCUT2D eigenvalue weighted by Crippen LogP contribution is -2.35. The van der Waals surface area contributed by atoms with Crippen LogP contribution in [0.15, 0.2) is 0 Å². The second-order valence-electron chi connectivity index (χ2n) is 4.61. The predicted octanol–water partition coefficient (Wildman–Crippen LogP) is 1.82. The second kappa shape index (κ2) is 6.42. The van der Waals surface area contributed by atoms with Gasteiger partial charge in [-0.3, -0.25) is 4.79 Å². The first-order valence-electron chi connectivity index (χ1n) is 5.25. The summed E-state index contributed by atoms with van der Waals surface area (Å²) in [5, 5.41) is 2.14. The molecule has 0 spiro atoms. The lowest BCUT2D eigenvalue weighted by Gasteiger charge is -2.20. The first-order chi connectivity index (χ1) is 7.62. The Morgan fingerprint density at radius 1 is 1.35 bits per heavy atom. The molecule has 1 radical (unpaired) electrons. The van der Waals surface area contributed by atoms with Crippen molar-refractivity contribution in [2.75, 3.05) is 6.54 Å². The summed E-state index contributed by atoms with van der Waals surface area (Å²) in [5.74, 6) is -0.488. The molecule has 99 valence electrons. The van der Waals surface area contributed by atoms with Gasteiger partial charge < -0.3 is 14.8 Å². The fourth-order valence-electron chi connectivity index (χ4n) is 0.738. The van der Waals surface area contributed by atoms with Gasteiger partial charge in [0.1, 0.15) is 6.17 Å². The van der Waals surface area contributed by atoms with E-state index >= 15 is 0 Å². The van der Waals surface area contributed by atoms with Crippen molar-refractivity contribution in [1.82, 2.24) is 5.32 Å². The Balaban J connectivity index is 3.98. The Morgan fingerprint density at radius 3 is 2.29 bits per heavy atom. The zero-order valence-corrected chi connectivity index (χ0v) is 10.6. The monoisotopic (exact) mass is 248 g/mol. The molecule has 0 aliphatic heterocycles. The summed E-state index contributed by atoms with van der Waals surface area (Å²) in [5.41, 5.74) is -0.675. The predicted molar refractivity (Wildman–Crippen MR) is 59.7 cm³/mol. The van der Waals surface area contributed by atoms with Crippen molar-refractivity contribution >= 4 is 12.1 Å². The van der Waals surface area contributed by atoms with Crippen molar-refractivity contribution in [2.24, 2.45) is 5.41 Å². The summed E-state index contributed by atoms with van der Waals surface area (Å²) in [4.78, 5) is 22.5. The molecular weight excluding hydrogens is 229 g/mol. The molecule has 0 aromatic heterocycles. The molecule has 1 N–H and O–H groups in total. The summed E-state index contributed by atoms with van der Waals surface area (Å²) in [7, 11) is 0. The largest absolute Gasteiger partial charge is 0.425 e. The van der Waals surface area contributed by atoms with Gasteiger partial charge in [-0.2, -0.15) is 0 Å². The number of halogens is 1. The lowest BCUT2D eigenvalue weighted by molar-refractivity contribution is -0.174. The first kappa shape index (κ1) is 15.7. The third-order valence-electron chi connectivity index (χ3n) is 1.63. The number of alkyl halides is 1. The van der Waals surface area contributed by atoms with Gasteiger partial charge in [0.2, 0.25) is 6.29 Å². The molecule has 2 atom stereocenters. The third kappa shape index (κ3) is 7.54. The number of rotatable bonds is 4. The Hall–Kier alpha value is -1.33. The molecule has 1 unspecified atom stereocenters. The van der Waals surface area contributed by atoms with Crippen LogP contribution in [0, 0.1) is 12.3 Å². The molecule has 0 rings (SSSR count). The molecule has 1 amide bonds. The molecule has 6 heteroatoms. The summed E-state index contributed by atoms with van der Waals surface area (Å²) < 4.78 is 21.8. The van der Waals surface area contributed by atoms with Crippen molar-refractivity contribution in [3.8, 4) is 0 Å². The zero-order valence-electron chi connectivity index (χ0n) is 10.6. The molecule has 0 saturated heterocycles. The number of carbonyl (C=O) groups excluding carboxylic acids is 2. The van der Waals surface area contributed by atoms with Gasteiger partial charge >= 0.3 is 12.1 Å². The van der Waals surface area contributed by atoms with Gasteiger partial charge in [0, 0.05) is 6.92 Å². The van der Waals surface area contributed by atoms with Crippen LogP contribution in [0.25, 0.3) is 0 Å². The number of ether oxygens (including phenoxy) is 2. The number of hydrogen-bond acceptors (Lipinski definition) is 4. The molecule has 0 saturated carbocycles. The van der Waals surface area contributed by atoms with Crippen LogP contribution in [0.3, 0.4) is 0 Å². The minimum absolute atomic E-state index is 0.251. The van der Waals surface area contributed by atoms with Gasteiger partial charge in [-0.05, 0) is 27.7 Å². The Morgan fingerprint density at radius 2 is 1.88 bits per heavy atom. The number of hydrogen-bond donors (Lipinski definition) is 1. The third-order valence-corrected chi connectivity index (χ3v) is 1.63. The molecule has 0 heterocycles. The van der Waals surface area contributed by atoms with Crippen LogP contribution < -0.4 is 5.32 Å². The highest BCUT2D eigenvalue weighted by Crippen LogP contribution is 2.16. The summed E-state index contributed by atoms with van der Waals surface area (Å²) in [6.07, 6.45) is -3.29. The molecular formula is C11H19FNO4. The zero-order chi connectivity index (χ0) is 13.6. The standard InChI is InChI=1S/C11H19FNO4/c1-7(12)6-13-10(15)17-8(2)16-9(14)11(3,4)5/h7-8H,1,6H2,2-5H3,(H,13,15)/t7-,8?/m1/s1. The second-order valence-corrected chi connectivity index (χ2v) is 4.61. The van der Waals surface area contributed by atoms with Gasteiger partial charge in [-0.15, -0.1) is 0 Å². The van der Waals surface area contributed by atoms with E-state index in [9.17, 15) is 14.0 Å². The van der Waals surface area contributed by atoms with Crippen molar-refractivity contribution in [1.29, 1.82) is 0 Å². The van der Waals surface area contributed by atoms with Crippen LogP contribution in [0.4, 0.5) is 9.18 Å². The number of alkyl carbamates (subject to hydrolysis) is 1. The van der Waals surface area contributed by atoms with Gasteiger partial charge in [0.25, 0.3) is 0 Å². The highest BCUT2D eigenvalue weighted by atomic mass is 19.1. The highest BCUT2D eigenvalue weighted by Gasteiger charge is 2.26. The molecule has 0 aliphatic rings. The molecule has 0 aromatic rings. The van der Waals surface area contributed by atoms with E-state index in [0.717, 1.165) is 0 Å². The van der Waals surface area contributed by atoms with Gasteiger partial charge in [-0.1, -0.05) is 0 Å². The van der Waals surface area contributed by atoms with E-state index in [1.54, 1.807) is 20.8 Å². The van der Waals surface area contributed by atoms with E-state index in [1.165, 1.54) is 6.92 Å². The maximum atomic E-state index is 12.3. The van der Waals surface area contributed by atoms with Crippen molar-refractivity contribution in [2.45, 2.75) is 40.2 Å². The van der Waals surface area contributed by atoms with E-state index in [4.69, 9.17) is 4.74 Å². The van der Waals surface area contributed by atoms with Crippen LogP contribution in [-0.4, -0.2) is 31.1 Å². The average Bonchev–Trinajstić information content (AvgIpc) is 2.12. The minimum atomic E-state index is -1.41. The van der Waals surface area contributed by atoms with Crippen LogP contribution in [0.5, 0.6) is 0 Å². The average molecular weight is 248 g/mol. The quantitative estimate of drug-likeness (QED) is 0.609. The van der Waals surface area contributed by atoms with E-state index < -0.39 is 29.9 Å². The molecule has 17 heavy (non-hydrogen) atoms. The smallest absolute Gasteiger partial charge is 0.410 e. The van der Waals surface area contributed by atoms with Crippen LogP contribution in [-0.2, 0) is 14.3 Å².